The van der Waals surface area contributed by atoms with Gasteiger partial charge in [0.2, 0.25) is 0 Å². The Labute approximate surface area is 161 Å². The van der Waals surface area contributed by atoms with Gasteiger partial charge in [0.25, 0.3) is 0 Å². The second-order valence-electron chi connectivity index (χ2n) is 6.65. The molecule has 0 amide bonds. The summed E-state index contributed by atoms with van der Waals surface area (Å²) in [5.41, 5.74) is 3.66. The van der Waals surface area contributed by atoms with Crippen molar-refractivity contribution in [3.63, 3.8) is 0 Å². The molecular weight excluding hydrogens is 352 g/mol. The third kappa shape index (κ3) is 2.66. The largest absolute Gasteiger partial charge is 0.353 e. The Kier molecular flexibility index (Phi) is 3.75. The van der Waals surface area contributed by atoms with Gasteiger partial charge in [-0.05, 0) is 24.3 Å². The van der Waals surface area contributed by atoms with Crippen molar-refractivity contribution in [2.75, 3.05) is 11.9 Å². The van der Waals surface area contributed by atoms with E-state index in [-0.39, 0.29) is 0 Å². The molecule has 0 fully saturated rings. The minimum absolute atomic E-state index is 0.629. The third-order valence-corrected chi connectivity index (χ3v) is 4.75. The molecule has 0 radical (unpaired) electrons. The molecule has 0 N–H and O–H groups in total. The third-order valence-electron chi connectivity index (χ3n) is 4.75. The molecule has 8 nitrogen and oxygen atoms in total. The molecule has 28 heavy (non-hydrogen) atoms. The van der Waals surface area contributed by atoms with E-state index in [1.165, 1.54) is 0 Å². The van der Waals surface area contributed by atoms with E-state index in [4.69, 9.17) is 9.97 Å². The van der Waals surface area contributed by atoms with Gasteiger partial charge in [0.1, 0.15) is 11.5 Å². The maximum absolute atomic E-state index is 4.84. The van der Waals surface area contributed by atoms with Gasteiger partial charge in [-0.2, -0.15) is 5.10 Å². The highest BCUT2D eigenvalue weighted by atomic mass is 15.3. The van der Waals surface area contributed by atoms with E-state index in [0.717, 1.165) is 33.8 Å². The van der Waals surface area contributed by atoms with E-state index in [9.17, 15) is 0 Å². The minimum atomic E-state index is 0.629. The van der Waals surface area contributed by atoms with Gasteiger partial charge in [0, 0.05) is 38.2 Å². The molecule has 0 aliphatic heterocycles. The first-order chi connectivity index (χ1) is 13.7. The maximum Gasteiger partial charge on any atom is 0.165 e. The summed E-state index contributed by atoms with van der Waals surface area (Å²) in [6.45, 7) is 0.651. The first-order valence-electron chi connectivity index (χ1n) is 8.93. The molecule has 0 saturated heterocycles. The van der Waals surface area contributed by atoms with Gasteiger partial charge in [-0.15, -0.1) is 0 Å². The van der Waals surface area contributed by atoms with Crippen molar-refractivity contribution >= 4 is 22.5 Å². The van der Waals surface area contributed by atoms with Gasteiger partial charge in [-0.25, -0.2) is 15.0 Å². The van der Waals surface area contributed by atoms with Gasteiger partial charge in [0.05, 0.1) is 30.0 Å². The van der Waals surface area contributed by atoms with E-state index < -0.39 is 0 Å². The van der Waals surface area contributed by atoms with Crippen LogP contribution in [0.3, 0.4) is 0 Å². The summed E-state index contributed by atoms with van der Waals surface area (Å²) < 4.78 is 3.85. The van der Waals surface area contributed by atoms with Crippen molar-refractivity contribution in [1.82, 2.24) is 34.1 Å². The van der Waals surface area contributed by atoms with Gasteiger partial charge < -0.3 is 9.30 Å². The summed E-state index contributed by atoms with van der Waals surface area (Å²) in [5.74, 6) is 1.45. The molecule has 8 heteroatoms. The van der Waals surface area contributed by atoms with Crippen molar-refractivity contribution in [2.24, 2.45) is 7.05 Å². The zero-order valence-electron chi connectivity index (χ0n) is 15.6. The van der Waals surface area contributed by atoms with E-state index in [2.05, 4.69) is 24.4 Å². The van der Waals surface area contributed by atoms with Gasteiger partial charge in [-0.3, -0.25) is 9.67 Å². The van der Waals surface area contributed by atoms with Crippen molar-refractivity contribution in [2.45, 2.75) is 6.54 Å². The van der Waals surface area contributed by atoms with Gasteiger partial charge >= 0.3 is 0 Å². The number of imidazole rings is 1. The molecule has 0 aromatic carbocycles. The standard InChI is InChI=1S/C20H18N8/c1-26(13-15-11-22-17-7-3-4-9-28(15)17)19-16-12-23-27(2)20(16)25-18(24-19)14-6-5-8-21-10-14/h3-12H,13H2,1-2H3. The molecule has 138 valence electrons. The fraction of sp³-hybridized carbons (Fsp3) is 0.150. The molecular formula is C20H18N8. The van der Waals surface area contributed by atoms with Crippen molar-refractivity contribution < 1.29 is 0 Å². The zero-order valence-corrected chi connectivity index (χ0v) is 15.6. The summed E-state index contributed by atoms with van der Waals surface area (Å²) in [7, 11) is 3.90. The van der Waals surface area contributed by atoms with Crippen LogP contribution in [0, 0.1) is 0 Å². The molecule has 0 atom stereocenters. The molecule has 5 heterocycles. The monoisotopic (exact) mass is 370 g/mol. The Bertz CT molecular complexity index is 1270. The van der Waals surface area contributed by atoms with Crippen LogP contribution in [0.25, 0.3) is 28.1 Å². The smallest absolute Gasteiger partial charge is 0.165 e. The first-order valence-corrected chi connectivity index (χ1v) is 8.93. The number of rotatable bonds is 4. The molecule has 0 aliphatic rings. The lowest BCUT2D eigenvalue weighted by Crippen LogP contribution is -2.19. The molecule has 0 saturated carbocycles. The van der Waals surface area contributed by atoms with Crippen LogP contribution in [-0.2, 0) is 13.6 Å². The number of pyridine rings is 2. The first kappa shape index (κ1) is 16.4. The lowest BCUT2D eigenvalue weighted by molar-refractivity contribution is 0.785. The normalized spacial score (nSPS) is 11.4. The Morgan fingerprint density at radius 3 is 2.82 bits per heavy atom. The summed E-state index contributed by atoms with van der Waals surface area (Å²) in [4.78, 5) is 20.3. The summed E-state index contributed by atoms with van der Waals surface area (Å²) in [6.07, 6.45) is 9.24. The second kappa shape index (κ2) is 6.41. The fourth-order valence-corrected chi connectivity index (χ4v) is 3.34. The van der Waals surface area contributed by atoms with E-state index in [1.807, 2.05) is 63.0 Å². The van der Waals surface area contributed by atoms with Crippen LogP contribution in [0.4, 0.5) is 5.82 Å². The number of hydrogen-bond acceptors (Lipinski definition) is 6. The summed E-state index contributed by atoms with van der Waals surface area (Å²) in [6, 6.07) is 9.82. The van der Waals surface area contributed by atoms with E-state index in [1.54, 1.807) is 17.1 Å². The molecule has 5 aromatic rings. The maximum atomic E-state index is 4.84. The number of fused-ring (bicyclic) bond motifs is 2. The fourth-order valence-electron chi connectivity index (χ4n) is 3.34. The van der Waals surface area contributed by atoms with Crippen LogP contribution in [-0.4, -0.2) is 41.2 Å². The summed E-state index contributed by atoms with van der Waals surface area (Å²) >= 11 is 0. The molecule has 0 aliphatic carbocycles. The molecule has 0 spiro atoms. The van der Waals surface area contributed by atoms with Crippen LogP contribution < -0.4 is 4.90 Å². The molecule has 0 bridgehead atoms. The average Bonchev–Trinajstić information content (AvgIpc) is 3.32. The minimum Gasteiger partial charge on any atom is -0.353 e. The van der Waals surface area contributed by atoms with Crippen LogP contribution in [0.2, 0.25) is 0 Å². The Morgan fingerprint density at radius 1 is 1.04 bits per heavy atom. The number of aryl methyl sites for hydroxylation is 1. The van der Waals surface area contributed by atoms with Crippen LogP contribution in [0.5, 0.6) is 0 Å². The predicted molar refractivity (Wildman–Crippen MR) is 107 cm³/mol. The van der Waals surface area contributed by atoms with Crippen molar-refractivity contribution in [3.05, 3.63) is 67.0 Å². The van der Waals surface area contributed by atoms with Crippen molar-refractivity contribution in [1.29, 1.82) is 0 Å². The Morgan fingerprint density at radius 2 is 1.96 bits per heavy atom. The topological polar surface area (TPSA) is 77.0 Å². The molecule has 5 rings (SSSR count). The molecule has 5 aromatic heterocycles. The SMILES string of the molecule is CN(Cc1cnc2ccccn12)c1nc(-c2cccnc2)nc2c1cnn2C. The average molecular weight is 370 g/mol. The van der Waals surface area contributed by atoms with E-state index in [0.29, 0.717) is 12.4 Å². The summed E-state index contributed by atoms with van der Waals surface area (Å²) in [5, 5.41) is 5.28. The predicted octanol–water partition coefficient (Wildman–Crippen LogP) is 2.71. The quantitative estimate of drug-likeness (QED) is 0.484. The van der Waals surface area contributed by atoms with Crippen LogP contribution in [0.1, 0.15) is 5.69 Å². The lowest BCUT2D eigenvalue weighted by atomic mass is 10.2. The highest BCUT2D eigenvalue weighted by Gasteiger charge is 2.17. The Balaban J connectivity index is 1.61. The number of aromatic nitrogens is 7. The van der Waals surface area contributed by atoms with Crippen LogP contribution >= 0.6 is 0 Å². The Hall–Kier alpha value is -3.81. The number of hydrogen-bond donors (Lipinski definition) is 0. The number of nitrogens with zero attached hydrogens (tertiary/aromatic N) is 8. The number of anilines is 1. The zero-order chi connectivity index (χ0) is 19.1. The molecule has 0 unspecified atom stereocenters. The highest BCUT2D eigenvalue weighted by molar-refractivity contribution is 5.88. The van der Waals surface area contributed by atoms with Gasteiger partial charge in [0.15, 0.2) is 11.5 Å². The van der Waals surface area contributed by atoms with Crippen molar-refractivity contribution in [3.8, 4) is 11.4 Å². The van der Waals surface area contributed by atoms with Gasteiger partial charge in [-0.1, -0.05) is 6.07 Å². The second-order valence-corrected chi connectivity index (χ2v) is 6.65. The highest BCUT2D eigenvalue weighted by Crippen LogP contribution is 2.27. The van der Waals surface area contributed by atoms with E-state index >= 15 is 0 Å². The van der Waals surface area contributed by atoms with Crippen LogP contribution in [0.15, 0.2) is 61.3 Å². The lowest BCUT2D eigenvalue weighted by Gasteiger charge is -2.19.